The SMILES string of the molecule is C=CCC(C=O)(c1ccccc1)C(F)(F)F. The molecule has 0 aliphatic heterocycles. The van der Waals surface area contributed by atoms with Gasteiger partial charge in [-0.25, -0.2) is 0 Å². The summed E-state index contributed by atoms with van der Waals surface area (Å²) in [5.74, 6) is 0. The highest BCUT2D eigenvalue weighted by molar-refractivity contribution is 5.70. The van der Waals surface area contributed by atoms with Gasteiger partial charge in [-0.15, -0.1) is 6.58 Å². The summed E-state index contributed by atoms with van der Waals surface area (Å²) >= 11 is 0. The Morgan fingerprint density at radius 2 is 1.75 bits per heavy atom. The first-order chi connectivity index (χ1) is 7.48. The molecule has 1 unspecified atom stereocenters. The number of carbonyl (C=O) groups is 1. The van der Waals surface area contributed by atoms with Gasteiger partial charge in [-0.05, 0) is 12.0 Å². The molecule has 0 heterocycles. The van der Waals surface area contributed by atoms with Crippen molar-refractivity contribution in [3.63, 3.8) is 0 Å². The average Bonchev–Trinajstić information content (AvgIpc) is 2.25. The van der Waals surface area contributed by atoms with Crippen LogP contribution in [-0.2, 0) is 10.2 Å². The fourth-order valence-corrected chi connectivity index (χ4v) is 1.54. The van der Waals surface area contributed by atoms with Crippen LogP contribution in [0.1, 0.15) is 12.0 Å². The van der Waals surface area contributed by atoms with Crippen LogP contribution in [0.2, 0.25) is 0 Å². The van der Waals surface area contributed by atoms with E-state index < -0.39 is 18.0 Å². The van der Waals surface area contributed by atoms with E-state index in [2.05, 4.69) is 6.58 Å². The maximum atomic E-state index is 13.0. The predicted molar refractivity (Wildman–Crippen MR) is 55.1 cm³/mol. The summed E-state index contributed by atoms with van der Waals surface area (Å²) in [5.41, 5.74) is -2.53. The summed E-state index contributed by atoms with van der Waals surface area (Å²) in [5, 5.41) is 0. The molecule has 16 heavy (non-hydrogen) atoms. The number of allylic oxidation sites excluding steroid dienone is 1. The molecule has 0 saturated heterocycles. The van der Waals surface area contributed by atoms with Gasteiger partial charge in [0.25, 0.3) is 0 Å². The van der Waals surface area contributed by atoms with Gasteiger partial charge in [0.15, 0.2) is 0 Å². The number of halogens is 3. The van der Waals surface area contributed by atoms with E-state index in [-0.39, 0.29) is 11.8 Å². The van der Waals surface area contributed by atoms with Crippen molar-refractivity contribution in [2.75, 3.05) is 0 Å². The standard InChI is InChI=1S/C12H11F3O/c1-2-8-11(9-16,12(13,14)15)10-6-4-3-5-7-10/h2-7,9H,1,8H2. The minimum absolute atomic E-state index is 0.0516. The third-order valence-electron chi connectivity index (χ3n) is 2.46. The lowest BCUT2D eigenvalue weighted by atomic mass is 9.78. The van der Waals surface area contributed by atoms with E-state index in [1.807, 2.05) is 0 Å². The molecule has 0 aliphatic rings. The molecule has 1 atom stereocenters. The van der Waals surface area contributed by atoms with Crippen molar-refractivity contribution in [1.29, 1.82) is 0 Å². The van der Waals surface area contributed by atoms with Gasteiger partial charge >= 0.3 is 6.18 Å². The first kappa shape index (κ1) is 12.5. The zero-order valence-electron chi connectivity index (χ0n) is 8.50. The highest BCUT2D eigenvalue weighted by Gasteiger charge is 2.55. The maximum Gasteiger partial charge on any atom is 0.405 e. The highest BCUT2D eigenvalue weighted by atomic mass is 19.4. The van der Waals surface area contributed by atoms with Crippen LogP contribution in [0.3, 0.4) is 0 Å². The van der Waals surface area contributed by atoms with Crippen molar-refractivity contribution in [1.82, 2.24) is 0 Å². The quantitative estimate of drug-likeness (QED) is 0.571. The topological polar surface area (TPSA) is 17.1 Å². The predicted octanol–water partition coefficient (Wildman–Crippen LogP) is 3.26. The summed E-state index contributed by atoms with van der Waals surface area (Å²) < 4.78 is 38.9. The van der Waals surface area contributed by atoms with Crippen molar-refractivity contribution in [2.24, 2.45) is 0 Å². The van der Waals surface area contributed by atoms with Crippen molar-refractivity contribution in [2.45, 2.75) is 18.0 Å². The highest BCUT2D eigenvalue weighted by Crippen LogP contribution is 2.42. The molecule has 0 bridgehead atoms. The second kappa shape index (κ2) is 4.51. The van der Waals surface area contributed by atoms with E-state index in [0.29, 0.717) is 0 Å². The summed E-state index contributed by atoms with van der Waals surface area (Å²) in [6.45, 7) is 3.27. The van der Waals surface area contributed by atoms with Gasteiger partial charge in [0.2, 0.25) is 0 Å². The summed E-state index contributed by atoms with van der Waals surface area (Å²) in [4.78, 5) is 10.9. The van der Waals surface area contributed by atoms with E-state index in [4.69, 9.17) is 0 Å². The second-order valence-electron chi connectivity index (χ2n) is 3.45. The molecule has 0 spiro atoms. The largest absolute Gasteiger partial charge is 0.405 e. The van der Waals surface area contributed by atoms with Crippen LogP contribution in [0, 0.1) is 0 Å². The molecule has 1 aromatic rings. The molecule has 4 heteroatoms. The average molecular weight is 228 g/mol. The van der Waals surface area contributed by atoms with Crippen LogP contribution in [-0.4, -0.2) is 12.5 Å². The van der Waals surface area contributed by atoms with Gasteiger partial charge in [0, 0.05) is 0 Å². The number of alkyl halides is 3. The van der Waals surface area contributed by atoms with Crippen molar-refractivity contribution in [3.05, 3.63) is 48.6 Å². The van der Waals surface area contributed by atoms with Crippen molar-refractivity contribution >= 4 is 6.29 Å². The van der Waals surface area contributed by atoms with Gasteiger partial charge in [0.05, 0.1) is 0 Å². The Bertz CT molecular complexity index is 370. The lowest BCUT2D eigenvalue weighted by Gasteiger charge is -2.29. The molecule has 0 amide bonds. The Hall–Kier alpha value is -1.58. The summed E-state index contributed by atoms with van der Waals surface area (Å²) in [6.07, 6.45) is -4.02. The minimum Gasteiger partial charge on any atom is -0.302 e. The molecule has 1 aromatic carbocycles. The number of aldehydes is 1. The van der Waals surface area contributed by atoms with Crippen molar-refractivity contribution in [3.8, 4) is 0 Å². The molecular formula is C12H11F3O. The molecule has 1 rings (SSSR count). The maximum absolute atomic E-state index is 13.0. The summed E-state index contributed by atoms with van der Waals surface area (Å²) in [6, 6.07) is 7.14. The third kappa shape index (κ3) is 2.01. The Morgan fingerprint density at radius 1 is 1.19 bits per heavy atom. The van der Waals surface area contributed by atoms with Gasteiger partial charge in [-0.1, -0.05) is 36.4 Å². The zero-order chi connectivity index (χ0) is 12.2. The van der Waals surface area contributed by atoms with E-state index in [1.54, 1.807) is 6.07 Å². The third-order valence-corrected chi connectivity index (χ3v) is 2.46. The van der Waals surface area contributed by atoms with Crippen LogP contribution in [0.15, 0.2) is 43.0 Å². The summed E-state index contributed by atoms with van der Waals surface area (Å²) in [7, 11) is 0. The van der Waals surface area contributed by atoms with E-state index in [0.717, 1.165) is 6.08 Å². The molecular weight excluding hydrogens is 217 g/mol. The molecule has 0 fully saturated rings. The molecule has 86 valence electrons. The van der Waals surface area contributed by atoms with Crippen LogP contribution in [0.25, 0.3) is 0 Å². The Morgan fingerprint density at radius 3 is 2.12 bits per heavy atom. The molecule has 0 aliphatic carbocycles. The molecule has 0 saturated carbocycles. The molecule has 0 N–H and O–H groups in total. The smallest absolute Gasteiger partial charge is 0.302 e. The number of hydrogen-bond donors (Lipinski definition) is 0. The van der Waals surface area contributed by atoms with Crippen LogP contribution in [0.5, 0.6) is 0 Å². The van der Waals surface area contributed by atoms with Gasteiger partial charge in [-0.2, -0.15) is 13.2 Å². The Kier molecular flexibility index (Phi) is 3.52. The van der Waals surface area contributed by atoms with Crippen LogP contribution >= 0.6 is 0 Å². The molecule has 0 aromatic heterocycles. The van der Waals surface area contributed by atoms with E-state index in [9.17, 15) is 18.0 Å². The number of carbonyl (C=O) groups excluding carboxylic acids is 1. The normalized spacial score (nSPS) is 15.2. The van der Waals surface area contributed by atoms with Gasteiger partial charge in [0.1, 0.15) is 11.7 Å². The number of benzene rings is 1. The lowest BCUT2D eigenvalue weighted by molar-refractivity contribution is -0.186. The van der Waals surface area contributed by atoms with Crippen LogP contribution < -0.4 is 0 Å². The van der Waals surface area contributed by atoms with E-state index in [1.165, 1.54) is 24.3 Å². The zero-order valence-corrected chi connectivity index (χ0v) is 8.50. The molecule has 0 radical (unpaired) electrons. The Labute approximate surface area is 91.6 Å². The first-order valence-corrected chi connectivity index (χ1v) is 4.67. The van der Waals surface area contributed by atoms with Gasteiger partial charge in [-0.3, -0.25) is 0 Å². The van der Waals surface area contributed by atoms with Gasteiger partial charge < -0.3 is 4.79 Å². The number of hydrogen-bond acceptors (Lipinski definition) is 1. The number of rotatable bonds is 4. The fourth-order valence-electron chi connectivity index (χ4n) is 1.54. The first-order valence-electron chi connectivity index (χ1n) is 4.67. The minimum atomic E-state index is -4.62. The van der Waals surface area contributed by atoms with Crippen molar-refractivity contribution < 1.29 is 18.0 Å². The second-order valence-corrected chi connectivity index (χ2v) is 3.45. The fraction of sp³-hybridized carbons (Fsp3) is 0.250. The Balaban J connectivity index is 3.34. The monoisotopic (exact) mass is 228 g/mol. The van der Waals surface area contributed by atoms with E-state index >= 15 is 0 Å². The lowest BCUT2D eigenvalue weighted by Crippen LogP contribution is -2.43. The van der Waals surface area contributed by atoms with Crippen LogP contribution in [0.4, 0.5) is 13.2 Å². The molecule has 1 nitrogen and oxygen atoms in total.